The van der Waals surface area contributed by atoms with E-state index in [1.165, 1.54) is 19.3 Å². The van der Waals surface area contributed by atoms with E-state index in [1.54, 1.807) is 0 Å². The molecule has 0 aromatic rings. The summed E-state index contributed by atoms with van der Waals surface area (Å²) in [5, 5.41) is 8.96. The lowest BCUT2D eigenvalue weighted by molar-refractivity contribution is 0.164. The summed E-state index contributed by atoms with van der Waals surface area (Å²) in [5.74, 6) is 0.466. The summed E-state index contributed by atoms with van der Waals surface area (Å²) < 4.78 is 0. The largest absolute Gasteiger partial charge is 0.288 e. The van der Waals surface area contributed by atoms with E-state index in [0.29, 0.717) is 5.92 Å². The van der Waals surface area contributed by atoms with E-state index in [-0.39, 0.29) is 6.04 Å². The molecule has 1 fully saturated rings. The van der Waals surface area contributed by atoms with Crippen LogP contribution < -0.4 is 0 Å². The van der Waals surface area contributed by atoms with Crippen molar-refractivity contribution >= 4 is 0 Å². The Bertz CT molecular complexity index is 163. The quantitative estimate of drug-likeness (QED) is 0.627. The van der Waals surface area contributed by atoms with E-state index in [4.69, 9.17) is 5.26 Å². The van der Waals surface area contributed by atoms with Crippen molar-refractivity contribution in [2.24, 2.45) is 5.92 Å². The molecular formula is C10H18N2. The summed E-state index contributed by atoms with van der Waals surface area (Å²) in [4.78, 5) is 2.33. The van der Waals surface area contributed by atoms with Crippen LogP contribution in [0.2, 0.25) is 0 Å². The predicted molar refractivity (Wildman–Crippen MR) is 49.7 cm³/mol. The Balaban J connectivity index is 2.47. The number of nitrogens with zero attached hydrogens (tertiary/aromatic N) is 2. The van der Waals surface area contributed by atoms with E-state index in [2.05, 4.69) is 24.8 Å². The molecule has 12 heavy (non-hydrogen) atoms. The van der Waals surface area contributed by atoms with Gasteiger partial charge in [0.2, 0.25) is 0 Å². The van der Waals surface area contributed by atoms with Crippen molar-refractivity contribution in [3.63, 3.8) is 0 Å². The van der Waals surface area contributed by atoms with Crippen molar-refractivity contribution in [2.45, 2.75) is 39.2 Å². The predicted octanol–water partition coefficient (Wildman–Crippen LogP) is 2.02. The normalized spacial score (nSPS) is 22.2. The molecule has 0 saturated carbocycles. The summed E-state index contributed by atoms with van der Waals surface area (Å²) in [6.45, 7) is 6.50. The molecule has 1 heterocycles. The van der Waals surface area contributed by atoms with E-state index in [1.807, 2.05) is 0 Å². The third-order valence-electron chi connectivity index (χ3n) is 2.55. The zero-order valence-corrected chi connectivity index (χ0v) is 8.08. The van der Waals surface area contributed by atoms with Crippen LogP contribution in [0.15, 0.2) is 0 Å². The van der Waals surface area contributed by atoms with Gasteiger partial charge in [-0.3, -0.25) is 4.90 Å². The zero-order valence-electron chi connectivity index (χ0n) is 8.08. The third kappa shape index (κ3) is 2.22. The number of rotatable bonds is 2. The van der Waals surface area contributed by atoms with Gasteiger partial charge < -0.3 is 0 Å². The Morgan fingerprint density at radius 3 is 2.17 bits per heavy atom. The molecule has 1 unspecified atom stereocenters. The molecule has 2 nitrogen and oxygen atoms in total. The minimum atomic E-state index is 0.144. The van der Waals surface area contributed by atoms with Crippen molar-refractivity contribution in [3.8, 4) is 6.07 Å². The molecule has 0 aromatic carbocycles. The molecule has 0 bridgehead atoms. The smallest absolute Gasteiger partial charge is 0.100 e. The van der Waals surface area contributed by atoms with Crippen LogP contribution in [0.4, 0.5) is 0 Å². The maximum Gasteiger partial charge on any atom is 0.100 e. The summed E-state index contributed by atoms with van der Waals surface area (Å²) in [5.41, 5.74) is 0. The summed E-state index contributed by atoms with van der Waals surface area (Å²) in [7, 11) is 0. The van der Waals surface area contributed by atoms with Gasteiger partial charge in [-0.15, -0.1) is 0 Å². The fourth-order valence-electron chi connectivity index (χ4n) is 1.85. The van der Waals surface area contributed by atoms with E-state index in [9.17, 15) is 0 Å². The van der Waals surface area contributed by atoms with Gasteiger partial charge >= 0.3 is 0 Å². The Hall–Kier alpha value is -0.550. The highest BCUT2D eigenvalue weighted by Crippen LogP contribution is 2.16. The topological polar surface area (TPSA) is 27.0 Å². The third-order valence-corrected chi connectivity index (χ3v) is 2.55. The van der Waals surface area contributed by atoms with Crippen molar-refractivity contribution in [1.29, 1.82) is 5.26 Å². The second kappa shape index (κ2) is 4.47. The van der Waals surface area contributed by atoms with Crippen LogP contribution in [-0.4, -0.2) is 24.0 Å². The molecule has 0 N–H and O–H groups in total. The Labute approximate surface area is 75.2 Å². The molecule has 1 rings (SSSR count). The first-order chi connectivity index (χ1) is 5.75. The van der Waals surface area contributed by atoms with Gasteiger partial charge in [0.05, 0.1) is 6.07 Å². The second-order valence-electron chi connectivity index (χ2n) is 3.91. The van der Waals surface area contributed by atoms with Gasteiger partial charge in [-0.1, -0.05) is 20.3 Å². The minimum Gasteiger partial charge on any atom is -0.288 e. The van der Waals surface area contributed by atoms with Crippen LogP contribution >= 0.6 is 0 Å². The molecule has 1 aliphatic rings. The highest BCUT2D eigenvalue weighted by Gasteiger charge is 2.22. The van der Waals surface area contributed by atoms with Gasteiger partial charge in [-0.05, 0) is 31.8 Å². The number of hydrogen-bond donors (Lipinski definition) is 0. The first-order valence-electron chi connectivity index (χ1n) is 4.89. The standard InChI is InChI=1S/C10H18N2/c1-9(2)10(8-11)12-6-4-3-5-7-12/h9-10H,3-7H2,1-2H3. The van der Waals surface area contributed by atoms with Crippen LogP contribution in [0.3, 0.4) is 0 Å². The average Bonchev–Trinajstić information content (AvgIpc) is 2.07. The molecule has 0 aromatic heterocycles. The number of likely N-dealkylation sites (tertiary alicyclic amines) is 1. The molecule has 1 atom stereocenters. The maximum absolute atomic E-state index is 8.96. The molecular weight excluding hydrogens is 148 g/mol. The number of nitriles is 1. The molecule has 68 valence electrons. The first-order valence-corrected chi connectivity index (χ1v) is 4.89. The molecule has 0 radical (unpaired) electrons. The van der Waals surface area contributed by atoms with Gasteiger partial charge in [0.25, 0.3) is 0 Å². The molecule has 0 spiro atoms. The SMILES string of the molecule is CC(C)C(C#N)N1CCCCC1. The number of piperidine rings is 1. The van der Waals surface area contributed by atoms with E-state index < -0.39 is 0 Å². The van der Waals surface area contributed by atoms with Gasteiger partial charge in [0, 0.05) is 0 Å². The Kier molecular flexibility index (Phi) is 3.55. The van der Waals surface area contributed by atoms with Gasteiger partial charge in [-0.2, -0.15) is 5.26 Å². The van der Waals surface area contributed by atoms with E-state index in [0.717, 1.165) is 13.1 Å². The summed E-state index contributed by atoms with van der Waals surface area (Å²) in [6.07, 6.45) is 3.88. The van der Waals surface area contributed by atoms with Crippen molar-refractivity contribution < 1.29 is 0 Å². The molecule has 1 aliphatic heterocycles. The highest BCUT2D eigenvalue weighted by molar-refractivity contribution is 4.94. The maximum atomic E-state index is 8.96. The van der Waals surface area contributed by atoms with Crippen LogP contribution in [0, 0.1) is 17.2 Å². The molecule has 2 heteroatoms. The van der Waals surface area contributed by atoms with Crippen LogP contribution in [0.5, 0.6) is 0 Å². The minimum absolute atomic E-state index is 0.144. The summed E-state index contributed by atoms with van der Waals surface area (Å²) in [6, 6.07) is 2.54. The highest BCUT2D eigenvalue weighted by atomic mass is 15.2. The first kappa shape index (κ1) is 9.54. The van der Waals surface area contributed by atoms with Crippen LogP contribution in [0.25, 0.3) is 0 Å². The molecule has 0 aliphatic carbocycles. The van der Waals surface area contributed by atoms with Crippen molar-refractivity contribution in [3.05, 3.63) is 0 Å². The average molecular weight is 166 g/mol. The fraction of sp³-hybridized carbons (Fsp3) is 0.900. The summed E-state index contributed by atoms with van der Waals surface area (Å²) >= 11 is 0. The van der Waals surface area contributed by atoms with Crippen LogP contribution in [0.1, 0.15) is 33.1 Å². The lowest BCUT2D eigenvalue weighted by Gasteiger charge is -2.32. The van der Waals surface area contributed by atoms with Gasteiger partial charge in [0.1, 0.15) is 6.04 Å². The monoisotopic (exact) mass is 166 g/mol. The van der Waals surface area contributed by atoms with Crippen molar-refractivity contribution in [1.82, 2.24) is 4.90 Å². The Morgan fingerprint density at radius 1 is 1.17 bits per heavy atom. The number of hydrogen-bond acceptors (Lipinski definition) is 2. The lowest BCUT2D eigenvalue weighted by atomic mass is 10.0. The lowest BCUT2D eigenvalue weighted by Crippen LogP contribution is -2.41. The Morgan fingerprint density at radius 2 is 1.75 bits per heavy atom. The van der Waals surface area contributed by atoms with E-state index >= 15 is 0 Å². The van der Waals surface area contributed by atoms with Gasteiger partial charge in [-0.25, -0.2) is 0 Å². The fourth-order valence-corrected chi connectivity index (χ4v) is 1.85. The molecule has 0 amide bonds. The van der Waals surface area contributed by atoms with Crippen LogP contribution in [-0.2, 0) is 0 Å². The van der Waals surface area contributed by atoms with Crippen molar-refractivity contribution in [2.75, 3.05) is 13.1 Å². The molecule has 1 saturated heterocycles. The second-order valence-corrected chi connectivity index (χ2v) is 3.91. The zero-order chi connectivity index (χ0) is 8.97. The van der Waals surface area contributed by atoms with Gasteiger partial charge in [0.15, 0.2) is 0 Å².